The Morgan fingerprint density at radius 3 is 2.04 bits per heavy atom. The van der Waals surface area contributed by atoms with E-state index in [0.29, 0.717) is 16.4 Å². The third-order valence-corrected chi connectivity index (χ3v) is 4.31. The van der Waals surface area contributed by atoms with Crippen LogP contribution in [0.1, 0.15) is 13.8 Å². The van der Waals surface area contributed by atoms with Crippen molar-refractivity contribution in [2.24, 2.45) is 5.92 Å². The van der Waals surface area contributed by atoms with E-state index in [4.69, 9.17) is 39.5 Å². The highest BCUT2D eigenvalue weighted by atomic mass is 35.5. The smallest absolute Gasteiger partial charge is 0.262 e. The number of hydrogen-bond acceptors (Lipinski definition) is 3. The summed E-state index contributed by atoms with van der Waals surface area (Å²) in [5.74, 6) is -0.289. The fourth-order valence-electron chi connectivity index (χ4n) is 1.88. The SMILES string of the molecule is CC(C)C(=O)Nc1ccc(NC(=O)COc2cc(Cl)c(Cl)cc2Cl)cc1. The maximum atomic E-state index is 12.0. The van der Waals surface area contributed by atoms with Crippen LogP contribution in [0.5, 0.6) is 5.75 Å². The molecule has 0 aliphatic rings. The van der Waals surface area contributed by atoms with Crippen LogP contribution in [0.4, 0.5) is 11.4 Å². The zero-order valence-electron chi connectivity index (χ0n) is 14.1. The summed E-state index contributed by atoms with van der Waals surface area (Å²) in [7, 11) is 0. The van der Waals surface area contributed by atoms with Gasteiger partial charge in [0.1, 0.15) is 5.75 Å². The number of carbonyl (C=O) groups excluding carboxylic acids is 2. The Labute approximate surface area is 166 Å². The lowest BCUT2D eigenvalue weighted by atomic mass is 10.2. The number of carbonyl (C=O) groups is 2. The number of amides is 2. The highest BCUT2D eigenvalue weighted by molar-refractivity contribution is 6.43. The van der Waals surface area contributed by atoms with Crippen LogP contribution in [0.15, 0.2) is 36.4 Å². The highest BCUT2D eigenvalue weighted by Crippen LogP contribution is 2.33. The number of nitrogens with one attached hydrogen (secondary N) is 2. The minimum atomic E-state index is -0.369. The van der Waals surface area contributed by atoms with Gasteiger partial charge in [-0.2, -0.15) is 0 Å². The standard InChI is InChI=1S/C18H17Cl3N2O3/c1-10(2)18(25)23-12-5-3-11(4-6-12)22-17(24)9-26-16-8-14(20)13(19)7-15(16)21/h3-8,10H,9H2,1-2H3,(H,22,24)(H,23,25). The molecule has 0 radical (unpaired) electrons. The average Bonchev–Trinajstić information content (AvgIpc) is 2.58. The first-order valence-electron chi connectivity index (χ1n) is 7.74. The Morgan fingerprint density at radius 1 is 0.923 bits per heavy atom. The second kappa shape index (κ2) is 9.12. The van der Waals surface area contributed by atoms with E-state index in [2.05, 4.69) is 10.6 Å². The van der Waals surface area contributed by atoms with Crippen molar-refractivity contribution in [3.05, 3.63) is 51.5 Å². The Kier molecular flexibility index (Phi) is 7.14. The summed E-state index contributed by atoms with van der Waals surface area (Å²) in [4.78, 5) is 23.6. The van der Waals surface area contributed by atoms with Crippen LogP contribution in [0.3, 0.4) is 0 Å². The van der Waals surface area contributed by atoms with E-state index < -0.39 is 0 Å². The van der Waals surface area contributed by atoms with Gasteiger partial charge in [-0.15, -0.1) is 0 Å². The van der Waals surface area contributed by atoms with E-state index in [-0.39, 0.29) is 40.1 Å². The van der Waals surface area contributed by atoms with Gasteiger partial charge in [0.2, 0.25) is 5.91 Å². The van der Waals surface area contributed by atoms with Crippen molar-refractivity contribution >= 4 is 58.0 Å². The van der Waals surface area contributed by atoms with E-state index in [9.17, 15) is 9.59 Å². The maximum Gasteiger partial charge on any atom is 0.262 e. The molecule has 2 N–H and O–H groups in total. The molecule has 26 heavy (non-hydrogen) atoms. The molecular weight excluding hydrogens is 399 g/mol. The summed E-state index contributed by atoms with van der Waals surface area (Å²) in [5, 5.41) is 6.30. The van der Waals surface area contributed by atoms with E-state index in [1.54, 1.807) is 24.3 Å². The van der Waals surface area contributed by atoms with Crippen molar-refractivity contribution in [2.75, 3.05) is 17.2 Å². The molecule has 138 valence electrons. The summed E-state index contributed by atoms with van der Waals surface area (Å²) in [6, 6.07) is 9.66. The van der Waals surface area contributed by atoms with Gasteiger partial charge in [0, 0.05) is 23.4 Å². The van der Waals surface area contributed by atoms with Gasteiger partial charge in [0.05, 0.1) is 15.1 Å². The van der Waals surface area contributed by atoms with Gasteiger partial charge in [0.25, 0.3) is 5.91 Å². The summed E-state index contributed by atoms with van der Waals surface area (Å²) < 4.78 is 5.37. The molecule has 0 heterocycles. The third kappa shape index (κ3) is 5.80. The van der Waals surface area contributed by atoms with Gasteiger partial charge in [-0.3, -0.25) is 9.59 Å². The van der Waals surface area contributed by atoms with Gasteiger partial charge in [0.15, 0.2) is 6.61 Å². The molecule has 2 aromatic rings. The molecule has 8 heteroatoms. The molecule has 5 nitrogen and oxygen atoms in total. The second-order valence-corrected chi connectivity index (χ2v) is 6.98. The summed E-state index contributed by atoms with van der Waals surface area (Å²) in [6.45, 7) is 3.37. The molecule has 0 aliphatic heterocycles. The molecule has 2 rings (SSSR count). The molecule has 0 unspecified atom stereocenters. The normalized spacial score (nSPS) is 10.5. The van der Waals surface area contributed by atoms with Crippen molar-refractivity contribution in [3.63, 3.8) is 0 Å². The molecule has 0 aromatic heterocycles. The molecule has 0 atom stereocenters. The van der Waals surface area contributed by atoms with Crippen LogP contribution in [0, 0.1) is 5.92 Å². The number of anilines is 2. The lowest BCUT2D eigenvalue weighted by Gasteiger charge is -2.11. The molecule has 2 amide bonds. The first-order chi connectivity index (χ1) is 12.3. The predicted octanol–water partition coefficient (Wildman–Crippen LogP) is 5.26. The fourth-order valence-corrected chi connectivity index (χ4v) is 2.47. The Bertz CT molecular complexity index is 808. The van der Waals surface area contributed by atoms with Crippen LogP contribution in [0.25, 0.3) is 0 Å². The van der Waals surface area contributed by atoms with Crippen molar-refractivity contribution in [3.8, 4) is 5.75 Å². The van der Waals surface area contributed by atoms with Crippen molar-refractivity contribution in [1.29, 1.82) is 0 Å². The Morgan fingerprint density at radius 2 is 1.46 bits per heavy atom. The topological polar surface area (TPSA) is 67.4 Å². The predicted molar refractivity (Wildman–Crippen MR) is 106 cm³/mol. The van der Waals surface area contributed by atoms with E-state index >= 15 is 0 Å². The largest absolute Gasteiger partial charge is 0.482 e. The maximum absolute atomic E-state index is 12.0. The van der Waals surface area contributed by atoms with Crippen LogP contribution in [-0.2, 0) is 9.59 Å². The van der Waals surface area contributed by atoms with Gasteiger partial charge in [-0.25, -0.2) is 0 Å². The van der Waals surface area contributed by atoms with Crippen molar-refractivity contribution in [2.45, 2.75) is 13.8 Å². The van der Waals surface area contributed by atoms with E-state index in [1.165, 1.54) is 12.1 Å². The number of ether oxygens (including phenoxy) is 1. The molecule has 0 bridgehead atoms. The molecule has 0 spiro atoms. The lowest BCUT2D eigenvalue weighted by Crippen LogP contribution is -2.20. The molecular formula is C18H17Cl3N2O3. The molecule has 0 aliphatic carbocycles. The van der Waals surface area contributed by atoms with Crippen LogP contribution >= 0.6 is 34.8 Å². The number of rotatable bonds is 6. The number of halogens is 3. The van der Waals surface area contributed by atoms with Crippen molar-refractivity contribution in [1.82, 2.24) is 0 Å². The minimum absolute atomic E-state index is 0.0753. The summed E-state index contributed by atoms with van der Waals surface area (Å²) in [5.41, 5.74) is 1.22. The Balaban J connectivity index is 1.90. The second-order valence-electron chi connectivity index (χ2n) is 5.75. The zero-order valence-corrected chi connectivity index (χ0v) is 16.4. The van der Waals surface area contributed by atoms with Gasteiger partial charge in [-0.1, -0.05) is 48.7 Å². The molecule has 0 saturated heterocycles. The first-order valence-corrected chi connectivity index (χ1v) is 8.87. The van der Waals surface area contributed by atoms with E-state index in [0.717, 1.165) is 0 Å². The lowest BCUT2D eigenvalue weighted by molar-refractivity contribution is -0.119. The van der Waals surface area contributed by atoms with Gasteiger partial charge >= 0.3 is 0 Å². The van der Waals surface area contributed by atoms with Gasteiger partial charge < -0.3 is 15.4 Å². The molecule has 0 fully saturated rings. The monoisotopic (exact) mass is 414 g/mol. The molecule has 2 aromatic carbocycles. The molecule has 0 saturated carbocycles. The number of benzene rings is 2. The summed E-state index contributed by atoms with van der Waals surface area (Å²) in [6.07, 6.45) is 0. The fraction of sp³-hybridized carbons (Fsp3) is 0.222. The zero-order chi connectivity index (χ0) is 19.3. The third-order valence-electron chi connectivity index (χ3n) is 3.29. The summed E-state index contributed by atoms with van der Waals surface area (Å²) >= 11 is 17.7. The van der Waals surface area contributed by atoms with Gasteiger partial charge in [-0.05, 0) is 30.3 Å². The first kappa shape index (κ1) is 20.4. The highest BCUT2D eigenvalue weighted by Gasteiger charge is 2.10. The van der Waals surface area contributed by atoms with Crippen LogP contribution in [0.2, 0.25) is 15.1 Å². The minimum Gasteiger partial charge on any atom is -0.482 e. The average molecular weight is 416 g/mol. The van der Waals surface area contributed by atoms with Crippen LogP contribution in [-0.4, -0.2) is 18.4 Å². The quantitative estimate of drug-likeness (QED) is 0.632. The number of hydrogen-bond donors (Lipinski definition) is 2. The van der Waals surface area contributed by atoms with Crippen LogP contribution < -0.4 is 15.4 Å². The van der Waals surface area contributed by atoms with Crippen molar-refractivity contribution < 1.29 is 14.3 Å². The van der Waals surface area contributed by atoms with E-state index in [1.807, 2.05) is 13.8 Å². The Hall–Kier alpha value is -1.95.